The van der Waals surface area contributed by atoms with Crippen molar-refractivity contribution in [1.82, 2.24) is 15.1 Å². The average Bonchev–Trinajstić information content (AvgIpc) is 3.31. The summed E-state index contributed by atoms with van der Waals surface area (Å²) in [4.78, 5) is 24.5. The summed E-state index contributed by atoms with van der Waals surface area (Å²) in [6, 6.07) is 6.97. The summed E-state index contributed by atoms with van der Waals surface area (Å²) in [6.45, 7) is 0.456. The number of nitrogens with zero attached hydrogens (tertiary/aromatic N) is 2. The van der Waals surface area contributed by atoms with Gasteiger partial charge in [0.2, 0.25) is 5.91 Å². The molecule has 2 bridgehead atoms. The zero-order chi connectivity index (χ0) is 19.7. The largest absolute Gasteiger partial charge is 0.496 e. The number of hydrogen-bond donors (Lipinski definition) is 1. The molecule has 0 aliphatic heterocycles. The lowest BCUT2D eigenvalue weighted by Gasteiger charge is -2.18. The van der Waals surface area contributed by atoms with Crippen molar-refractivity contribution in [3.05, 3.63) is 58.7 Å². The number of allylic oxidation sites excluding steroid dienone is 2. The van der Waals surface area contributed by atoms with Crippen molar-refractivity contribution in [2.75, 3.05) is 13.7 Å². The maximum Gasteiger partial charge on any atom is 0.267 e. The lowest BCUT2D eigenvalue weighted by Crippen LogP contribution is -2.36. The fraction of sp³-hybridized carbons (Fsp3) is 0.381. The van der Waals surface area contributed by atoms with Crippen molar-refractivity contribution in [2.45, 2.75) is 19.4 Å². The van der Waals surface area contributed by atoms with Gasteiger partial charge in [-0.15, -0.1) is 0 Å². The summed E-state index contributed by atoms with van der Waals surface area (Å²) < 4.78 is 19.7. The highest BCUT2D eigenvalue weighted by molar-refractivity contribution is 5.75. The van der Waals surface area contributed by atoms with Crippen molar-refractivity contribution >= 4 is 5.91 Å². The van der Waals surface area contributed by atoms with Crippen LogP contribution < -0.4 is 15.6 Å². The lowest BCUT2D eigenvalue weighted by atomic mass is 9.94. The maximum absolute atomic E-state index is 13.4. The minimum Gasteiger partial charge on any atom is -0.496 e. The van der Waals surface area contributed by atoms with E-state index in [2.05, 4.69) is 22.6 Å². The molecule has 0 radical (unpaired) electrons. The van der Waals surface area contributed by atoms with Crippen molar-refractivity contribution < 1.29 is 13.9 Å². The Hall–Kier alpha value is -2.96. The molecular weight excluding hydrogens is 361 g/mol. The Morgan fingerprint density at radius 3 is 2.86 bits per heavy atom. The Kier molecular flexibility index (Phi) is 4.98. The number of rotatable bonds is 6. The van der Waals surface area contributed by atoms with Crippen LogP contribution in [0.3, 0.4) is 0 Å². The molecule has 3 atom stereocenters. The first-order valence-electron chi connectivity index (χ1n) is 9.40. The number of aromatic nitrogens is 2. The van der Waals surface area contributed by atoms with Gasteiger partial charge in [0.05, 0.1) is 12.8 Å². The molecule has 7 heteroatoms. The van der Waals surface area contributed by atoms with E-state index < -0.39 is 5.82 Å². The molecule has 4 rings (SSSR count). The number of hydrogen-bond acceptors (Lipinski definition) is 4. The molecule has 146 valence electrons. The molecule has 1 amide bonds. The van der Waals surface area contributed by atoms with E-state index in [9.17, 15) is 14.0 Å². The Morgan fingerprint density at radius 2 is 2.14 bits per heavy atom. The van der Waals surface area contributed by atoms with Gasteiger partial charge in [0.15, 0.2) is 0 Å². The first-order chi connectivity index (χ1) is 13.5. The third-order valence-electron chi connectivity index (χ3n) is 5.58. The Bertz CT molecular complexity index is 985. The minimum atomic E-state index is -0.427. The Morgan fingerprint density at radius 1 is 1.29 bits per heavy atom. The molecule has 1 aromatic heterocycles. The first kappa shape index (κ1) is 18.4. The summed E-state index contributed by atoms with van der Waals surface area (Å²) >= 11 is 0. The fourth-order valence-corrected chi connectivity index (χ4v) is 4.15. The van der Waals surface area contributed by atoms with E-state index in [0.717, 1.165) is 11.1 Å². The summed E-state index contributed by atoms with van der Waals surface area (Å²) in [5, 5.41) is 7.20. The second kappa shape index (κ2) is 7.58. The number of ether oxygens (including phenoxy) is 1. The summed E-state index contributed by atoms with van der Waals surface area (Å²) in [5.74, 6) is 1.32. The summed E-state index contributed by atoms with van der Waals surface area (Å²) in [7, 11) is 1.44. The van der Waals surface area contributed by atoms with Crippen LogP contribution in [0.15, 0.2) is 47.3 Å². The topological polar surface area (TPSA) is 73.2 Å². The molecular formula is C21H22FN3O3. The van der Waals surface area contributed by atoms with Crippen LogP contribution in [-0.2, 0) is 11.3 Å². The minimum absolute atomic E-state index is 0.160. The van der Waals surface area contributed by atoms with Crippen molar-refractivity contribution in [2.24, 2.45) is 17.8 Å². The van der Waals surface area contributed by atoms with E-state index in [1.165, 1.54) is 43.9 Å². The van der Waals surface area contributed by atoms with E-state index in [0.29, 0.717) is 41.3 Å². The smallest absolute Gasteiger partial charge is 0.267 e. The van der Waals surface area contributed by atoms with Gasteiger partial charge >= 0.3 is 0 Å². The third kappa shape index (κ3) is 3.69. The number of methoxy groups -OCH3 is 1. The number of halogens is 1. The zero-order valence-corrected chi connectivity index (χ0v) is 15.6. The molecule has 1 fully saturated rings. The van der Waals surface area contributed by atoms with E-state index in [1.54, 1.807) is 0 Å². The quantitative estimate of drug-likeness (QED) is 0.778. The molecule has 28 heavy (non-hydrogen) atoms. The van der Waals surface area contributed by atoms with Gasteiger partial charge in [-0.05, 0) is 48.8 Å². The Labute approximate surface area is 162 Å². The predicted molar refractivity (Wildman–Crippen MR) is 102 cm³/mol. The van der Waals surface area contributed by atoms with Gasteiger partial charge < -0.3 is 10.1 Å². The van der Waals surface area contributed by atoms with Crippen LogP contribution in [0.2, 0.25) is 0 Å². The van der Waals surface area contributed by atoms with Crippen molar-refractivity contribution in [3.63, 3.8) is 0 Å². The molecule has 0 saturated heterocycles. The van der Waals surface area contributed by atoms with Crippen LogP contribution in [-0.4, -0.2) is 29.3 Å². The highest BCUT2D eigenvalue weighted by Crippen LogP contribution is 2.42. The second-order valence-electron chi connectivity index (χ2n) is 7.40. The molecule has 2 aliphatic carbocycles. The number of carbonyl (C=O) groups is 1. The molecule has 2 aromatic rings. The zero-order valence-electron chi connectivity index (χ0n) is 15.6. The highest BCUT2D eigenvalue weighted by atomic mass is 19.1. The van der Waals surface area contributed by atoms with Crippen LogP contribution in [0.4, 0.5) is 4.39 Å². The molecule has 1 aromatic carbocycles. The summed E-state index contributed by atoms with van der Waals surface area (Å²) in [6.07, 6.45) is 6.81. The van der Waals surface area contributed by atoms with E-state index in [1.807, 2.05) is 0 Å². The molecule has 0 spiro atoms. The molecule has 1 N–H and O–H groups in total. The highest BCUT2D eigenvalue weighted by Gasteiger charge is 2.35. The molecule has 1 saturated carbocycles. The van der Waals surface area contributed by atoms with Gasteiger partial charge in [-0.3, -0.25) is 9.59 Å². The van der Waals surface area contributed by atoms with E-state index in [-0.39, 0.29) is 18.0 Å². The normalized spacial score (nSPS) is 22.4. The van der Waals surface area contributed by atoms with Gasteiger partial charge in [-0.1, -0.05) is 12.2 Å². The molecule has 6 nitrogen and oxygen atoms in total. The maximum atomic E-state index is 13.4. The van der Waals surface area contributed by atoms with Crippen molar-refractivity contribution in [1.29, 1.82) is 0 Å². The molecule has 2 aliphatic rings. The van der Waals surface area contributed by atoms with E-state index in [4.69, 9.17) is 4.74 Å². The molecule has 1 heterocycles. The van der Waals surface area contributed by atoms with Crippen molar-refractivity contribution in [3.8, 4) is 17.0 Å². The lowest BCUT2D eigenvalue weighted by molar-refractivity contribution is -0.122. The molecule has 0 unspecified atom stereocenters. The van der Waals surface area contributed by atoms with Gasteiger partial charge in [-0.25, -0.2) is 9.07 Å². The van der Waals surface area contributed by atoms with Crippen LogP contribution >= 0.6 is 0 Å². The van der Waals surface area contributed by atoms with Gasteiger partial charge in [0.1, 0.15) is 18.1 Å². The monoisotopic (exact) mass is 383 g/mol. The second-order valence-corrected chi connectivity index (χ2v) is 7.40. The number of benzene rings is 1. The van der Waals surface area contributed by atoms with Gasteiger partial charge in [-0.2, -0.15) is 5.10 Å². The number of fused-ring (bicyclic) bond motifs is 2. The first-order valence-corrected chi connectivity index (χ1v) is 9.40. The van der Waals surface area contributed by atoms with Crippen LogP contribution in [0.1, 0.15) is 12.8 Å². The van der Waals surface area contributed by atoms with Crippen LogP contribution in [0, 0.1) is 23.6 Å². The Balaban J connectivity index is 1.46. The van der Waals surface area contributed by atoms with Crippen LogP contribution in [0.5, 0.6) is 5.75 Å². The summed E-state index contributed by atoms with van der Waals surface area (Å²) in [5.41, 5.74) is 0.608. The third-order valence-corrected chi connectivity index (χ3v) is 5.58. The SMILES string of the molecule is COc1cc(F)ccc1-c1ccc(=O)n(CC(=O)NC[C@@H]2C[C@@H]3C=C[C@H]2C3)n1. The van der Waals surface area contributed by atoms with Crippen LogP contribution in [0.25, 0.3) is 11.3 Å². The number of nitrogens with one attached hydrogen (secondary N) is 1. The average molecular weight is 383 g/mol. The number of amides is 1. The standard InChI is InChI=1S/C21H22FN3O3/c1-28-19-10-16(22)4-5-17(19)18-6-7-21(27)25(24-18)12-20(26)23-11-15-9-13-2-3-14(15)8-13/h2-7,10,13-15H,8-9,11-12H2,1H3,(H,23,26)/t13-,14+,15+/m1/s1. The van der Waals surface area contributed by atoms with E-state index >= 15 is 0 Å². The van der Waals surface area contributed by atoms with Gasteiger partial charge in [0, 0.05) is 24.2 Å². The predicted octanol–water partition coefficient (Wildman–Crippen LogP) is 2.39. The van der Waals surface area contributed by atoms with Gasteiger partial charge in [0.25, 0.3) is 5.56 Å². The number of carbonyl (C=O) groups excluding carboxylic acids is 1. The fourth-order valence-electron chi connectivity index (χ4n) is 4.15.